The van der Waals surface area contributed by atoms with E-state index in [-0.39, 0.29) is 9.77 Å². The van der Waals surface area contributed by atoms with Crippen molar-refractivity contribution < 1.29 is 8.42 Å². The average Bonchev–Trinajstić information content (AvgIpc) is 2.73. The second kappa shape index (κ2) is 5.53. The molecule has 0 unspecified atom stereocenters. The third-order valence-electron chi connectivity index (χ3n) is 3.17. The molecule has 0 radical (unpaired) electrons. The first-order chi connectivity index (χ1) is 10.4. The largest absolute Gasteiger partial charge is 0.307 e. The molecule has 0 spiro atoms. The molecule has 2 aromatic carbocycles. The van der Waals surface area contributed by atoms with Crippen LogP contribution in [0.1, 0.15) is 0 Å². The summed E-state index contributed by atoms with van der Waals surface area (Å²) in [6.07, 6.45) is 0. The summed E-state index contributed by atoms with van der Waals surface area (Å²) in [6.45, 7) is 0. The molecule has 0 aliphatic heterocycles. The van der Waals surface area contributed by atoms with Crippen LogP contribution in [-0.4, -0.2) is 13.0 Å². The van der Waals surface area contributed by atoms with Crippen LogP contribution in [0.3, 0.4) is 0 Å². The number of anilines is 1. The van der Waals surface area contributed by atoms with Gasteiger partial charge in [0, 0.05) is 11.5 Å². The lowest BCUT2D eigenvalue weighted by Gasteiger charge is -2.08. The summed E-state index contributed by atoms with van der Waals surface area (Å²) < 4.78 is 30.3. The number of aromatic nitrogens is 1. The Balaban J connectivity index is 1.98. The zero-order valence-electron chi connectivity index (χ0n) is 11.4. The van der Waals surface area contributed by atoms with Crippen LogP contribution in [0.15, 0.2) is 56.6 Å². The standard InChI is InChI=1S/C14H11BrN2O3S2/c1-17-12-7-4-10(8-13(12)21-14(17)18)16-22(19,20)11-5-2-9(15)3-6-11/h2-8,16H,1H3. The molecule has 1 N–H and O–H groups in total. The maximum absolute atomic E-state index is 12.3. The third-order valence-corrected chi connectivity index (χ3v) is 6.09. The van der Waals surface area contributed by atoms with Gasteiger partial charge < -0.3 is 4.57 Å². The van der Waals surface area contributed by atoms with E-state index in [2.05, 4.69) is 20.7 Å². The van der Waals surface area contributed by atoms with Gasteiger partial charge in [-0.15, -0.1) is 0 Å². The first kappa shape index (κ1) is 15.3. The predicted octanol–water partition coefficient (Wildman–Crippen LogP) is 3.16. The summed E-state index contributed by atoms with van der Waals surface area (Å²) >= 11 is 4.35. The van der Waals surface area contributed by atoms with Crippen molar-refractivity contribution in [3.05, 3.63) is 56.6 Å². The van der Waals surface area contributed by atoms with Crippen LogP contribution < -0.4 is 9.60 Å². The van der Waals surface area contributed by atoms with E-state index in [1.165, 1.54) is 16.7 Å². The quantitative estimate of drug-likeness (QED) is 0.736. The predicted molar refractivity (Wildman–Crippen MR) is 92.0 cm³/mol. The maximum atomic E-state index is 12.3. The molecule has 1 heterocycles. The van der Waals surface area contributed by atoms with Crippen molar-refractivity contribution >= 4 is 53.2 Å². The lowest BCUT2D eigenvalue weighted by atomic mass is 10.3. The number of hydrogen-bond donors (Lipinski definition) is 1. The lowest BCUT2D eigenvalue weighted by molar-refractivity contribution is 0.601. The highest BCUT2D eigenvalue weighted by Crippen LogP contribution is 2.24. The second-order valence-electron chi connectivity index (χ2n) is 4.67. The molecule has 0 aliphatic carbocycles. The van der Waals surface area contributed by atoms with E-state index in [1.807, 2.05) is 0 Å². The molecule has 8 heteroatoms. The van der Waals surface area contributed by atoms with Crippen molar-refractivity contribution in [2.45, 2.75) is 4.90 Å². The Morgan fingerprint density at radius 1 is 1.14 bits per heavy atom. The molecule has 5 nitrogen and oxygen atoms in total. The van der Waals surface area contributed by atoms with Crippen LogP contribution in [-0.2, 0) is 17.1 Å². The van der Waals surface area contributed by atoms with E-state index < -0.39 is 10.0 Å². The number of fused-ring (bicyclic) bond motifs is 1. The smallest absolute Gasteiger partial charge is 0.302 e. The Hall–Kier alpha value is -1.64. The fourth-order valence-corrected chi connectivity index (χ4v) is 4.26. The van der Waals surface area contributed by atoms with Crippen LogP contribution in [0, 0.1) is 0 Å². The van der Waals surface area contributed by atoms with E-state index in [0.717, 1.165) is 26.0 Å². The molecule has 0 bridgehead atoms. The Kier molecular flexibility index (Phi) is 3.84. The highest BCUT2D eigenvalue weighted by Gasteiger charge is 2.14. The zero-order valence-corrected chi connectivity index (χ0v) is 14.6. The molecular formula is C14H11BrN2O3S2. The minimum Gasteiger partial charge on any atom is -0.302 e. The number of sulfonamides is 1. The van der Waals surface area contributed by atoms with Gasteiger partial charge in [-0.1, -0.05) is 27.3 Å². The maximum Gasteiger partial charge on any atom is 0.307 e. The summed E-state index contributed by atoms with van der Waals surface area (Å²) in [6, 6.07) is 11.4. The van der Waals surface area contributed by atoms with E-state index in [4.69, 9.17) is 0 Å². The minimum absolute atomic E-state index is 0.0806. The number of halogens is 1. The van der Waals surface area contributed by atoms with Gasteiger partial charge in [-0.05, 0) is 42.5 Å². The normalized spacial score (nSPS) is 11.7. The summed E-state index contributed by atoms with van der Waals surface area (Å²) in [5, 5.41) is 0. The number of hydrogen-bond acceptors (Lipinski definition) is 4. The van der Waals surface area contributed by atoms with Gasteiger partial charge in [0.15, 0.2) is 0 Å². The summed E-state index contributed by atoms with van der Waals surface area (Å²) in [7, 11) is -1.97. The van der Waals surface area contributed by atoms with Gasteiger partial charge in [0.05, 0.1) is 20.8 Å². The first-order valence-corrected chi connectivity index (χ1v) is 9.34. The molecule has 3 rings (SSSR count). The van der Waals surface area contributed by atoms with Gasteiger partial charge in [-0.2, -0.15) is 0 Å². The van der Waals surface area contributed by atoms with Gasteiger partial charge in [0.1, 0.15) is 0 Å². The molecule has 0 aliphatic rings. The number of aryl methyl sites for hydroxylation is 1. The lowest BCUT2D eigenvalue weighted by Crippen LogP contribution is -2.12. The second-order valence-corrected chi connectivity index (χ2v) is 8.26. The zero-order chi connectivity index (χ0) is 15.9. The van der Waals surface area contributed by atoms with E-state index >= 15 is 0 Å². The molecule has 0 saturated heterocycles. The van der Waals surface area contributed by atoms with Gasteiger partial charge in [0.2, 0.25) is 0 Å². The molecule has 22 heavy (non-hydrogen) atoms. The molecule has 0 amide bonds. The molecule has 3 aromatic rings. The van der Waals surface area contributed by atoms with E-state index in [1.54, 1.807) is 37.4 Å². The Morgan fingerprint density at radius 2 is 1.82 bits per heavy atom. The summed E-state index contributed by atoms with van der Waals surface area (Å²) in [4.78, 5) is 11.7. The molecule has 114 valence electrons. The molecule has 1 aromatic heterocycles. The molecule has 0 saturated carbocycles. The van der Waals surface area contributed by atoms with Gasteiger partial charge in [-0.3, -0.25) is 9.52 Å². The number of benzene rings is 2. The van der Waals surface area contributed by atoms with Crippen molar-refractivity contribution in [2.24, 2.45) is 7.05 Å². The van der Waals surface area contributed by atoms with Crippen molar-refractivity contribution in [3.8, 4) is 0 Å². The van der Waals surface area contributed by atoms with Gasteiger partial charge in [-0.25, -0.2) is 8.42 Å². The Labute approximate surface area is 139 Å². The summed E-state index contributed by atoms with van der Waals surface area (Å²) in [5.74, 6) is 0. The van der Waals surface area contributed by atoms with Crippen LogP contribution in [0.25, 0.3) is 10.2 Å². The van der Waals surface area contributed by atoms with Crippen molar-refractivity contribution in [3.63, 3.8) is 0 Å². The minimum atomic E-state index is -3.65. The van der Waals surface area contributed by atoms with Crippen LogP contribution in [0.4, 0.5) is 5.69 Å². The number of rotatable bonds is 3. The molecule has 0 atom stereocenters. The van der Waals surface area contributed by atoms with Crippen molar-refractivity contribution in [1.29, 1.82) is 0 Å². The number of nitrogens with zero attached hydrogens (tertiary/aromatic N) is 1. The van der Waals surface area contributed by atoms with Crippen LogP contribution in [0.2, 0.25) is 0 Å². The number of nitrogens with one attached hydrogen (secondary N) is 1. The third kappa shape index (κ3) is 2.81. The van der Waals surface area contributed by atoms with Gasteiger partial charge in [0.25, 0.3) is 10.0 Å². The highest BCUT2D eigenvalue weighted by atomic mass is 79.9. The summed E-state index contributed by atoms with van der Waals surface area (Å²) in [5.41, 5.74) is 1.21. The average molecular weight is 399 g/mol. The monoisotopic (exact) mass is 398 g/mol. The highest BCUT2D eigenvalue weighted by molar-refractivity contribution is 9.10. The first-order valence-electron chi connectivity index (χ1n) is 6.25. The topological polar surface area (TPSA) is 68.2 Å². The van der Waals surface area contributed by atoms with E-state index in [0.29, 0.717) is 5.69 Å². The van der Waals surface area contributed by atoms with Crippen LogP contribution >= 0.6 is 27.3 Å². The van der Waals surface area contributed by atoms with E-state index in [9.17, 15) is 13.2 Å². The fraction of sp³-hybridized carbons (Fsp3) is 0.0714. The van der Waals surface area contributed by atoms with Crippen molar-refractivity contribution in [2.75, 3.05) is 4.72 Å². The Morgan fingerprint density at radius 3 is 2.50 bits per heavy atom. The fourth-order valence-electron chi connectivity index (χ4n) is 2.03. The molecule has 0 fully saturated rings. The molecular weight excluding hydrogens is 388 g/mol. The Bertz CT molecular complexity index is 1000. The number of thiazole rings is 1. The SMILES string of the molecule is Cn1c(=O)sc2cc(NS(=O)(=O)c3ccc(Br)cc3)ccc21. The van der Waals surface area contributed by atoms with Gasteiger partial charge >= 0.3 is 4.87 Å². The van der Waals surface area contributed by atoms with Crippen LogP contribution in [0.5, 0.6) is 0 Å². The van der Waals surface area contributed by atoms with Crippen molar-refractivity contribution in [1.82, 2.24) is 4.57 Å².